The normalized spacial score (nSPS) is 23.5. The van der Waals surface area contributed by atoms with E-state index in [1.54, 1.807) is 16.7 Å². The van der Waals surface area contributed by atoms with Gasteiger partial charge in [0.25, 0.3) is 0 Å². The molecule has 0 saturated carbocycles. The molecule has 2 bridgehead atoms. The Labute approximate surface area is 180 Å². The maximum absolute atomic E-state index is 11.5. The number of hydrogen-bond acceptors (Lipinski definition) is 5. The van der Waals surface area contributed by atoms with E-state index >= 15 is 0 Å². The molecule has 1 aromatic carbocycles. The van der Waals surface area contributed by atoms with Gasteiger partial charge in [0.15, 0.2) is 0 Å². The molecule has 6 nitrogen and oxygen atoms in total. The van der Waals surface area contributed by atoms with Gasteiger partial charge in [0, 0.05) is 40.7 Å². The number of thioether (sulfide) groups is 1. The molecule has 4 heterocycles. The van der Waals surface area contributed by atoms with Gasteiger partial charge in [0.1, 0.15) is 0 Å². The van der Waals surface area contributed by atoms with E-state index in [-0.39, 0.29) is 12.1 Å². The summed E-state index contributed by atoms with van der Waals surface area (Å²) in [7, 11) is 0. The molecular formula is C19H19BrClN3O3S. The van der Waals surface area contributed by atoms with Crippen molar-refractivity contribution in [1.29, 1.82) is 0 Å². The second-order valence-electron chi connectivity index (χ2n) is 7.47. The van der Waals surface area contributed by atoms with E-state index in [1.807, 2.05) is 6.26 Å². The van der Waals surface area contributed by atoms with E-state index in [1.165, 1.54) is 0 Å². The summed E-state index contributed by atoms with van der Waals surface area (Å²) in [5.41, 5.74) is 4.14. The van der Waals surface area contributed by atoms with Gasteiger partial charge in [-0.25, -0.2) is 9.78 Å². The minimum atomic E-state index is -0.831. The standard InChI is InChI=1S/C19H19BrClN3O3S/c1-28-14-4-13(24-9-2-3-10(24)6-23(5-9)19(25)26)15-11-7-27-8-12(11)16(20)17(21)18(15)22-14/h4,9-10H,2-3,5-8H2,1H3,(H,25,26). The van der Waals surface area contributed by atoms with Crippen LogP contribution in [0.25, 0.3) is 10.9 Å². The highest BCUT2D eigenvalue weighted by atomic mass is 79.9. The number of hydrogen-bond donors (Lipinski definition) is 1. The van der Waals surface area contributed by atoms with Crippen LogP contribution in [0.1, 0.15) is 24.0 Å². The van der Waals surface area contributed by atoms with Crippen molar-refractivity contribution in [3.05, 3.63) is 26.7 Å². The summed E-state index contributed by atoms with van der Waals surface area (Å²) in [4.78, 5) is 20.3. The molecule has 3 aliphatic rings. The highest BCUT2D eigenvalue weighted by Crippen LogP contribution is 2.47. The second-order valence-corrected chi connectivity index (χ2v) is 9.46. The molecule has 2 atom stereocenters. The third-order valence-corrected chi connectivity index (χ3v) is 8.14. The first-order chi connectivity index (χ1) is 13.5. The van der Waals surface area contributed by atoms with Gasteiger partial charge in [-0.15, -0.1) is 11.8 Å². The van der Waals surface area contributed by atoms with Crippen molar-refractivity contribution in [1.82, 2.24) is 9.88 Å². The molecule has 3 aliphatic heterocycles. The van der Waals surface area contributed by atoms with Crippen LogP contribution in [0.4, 0.5) is 10.5 Å². The fraction of sp³-hybridized carbons (Fsp3) is 0.474. The van der Waals surface area contributed by atoms with E-state index in [0.717, 1.165) is 50.1 Å². The highest BCUT2D eigenvalue weighted by Gasteiger charge is 2.43. The Kier molecular flexibility index (Phi) is 4.65. The molecular weight excluding hydrogens is 466 g/mol. The van der Waals surface area contributed by atoms with Crippen LogP contribution in [0.5, 0.6) is 0 Å². The number of benzene rings is 1. The predicted octanol–water partition coefficient (Wildman–Crippen LogP) is 4.73. The molecule has 28 heavy (non-hydrogen) atoms. The summed E-state index contributed by atoms with van der Waals surface area (Å²) in [6.45, 7) is 2.15. The van der Waals surface area contributed by atoms with Crippen LogP contribution in [0.15, 0.2) is 15.6 Å². The summed E-state index contributed by atoms with van der Waals surface area (Å²) in [5.74, 6) is 0. The number of anilines is 1. The zero-order chi connectivity index (χ0) is 19.6. The molecule has 0 radical (unpaired) electrons. The van der Waals surface area contributed by atoms with Gasteiger partial charge in [0.2, 0.25) is 0 Å². The van der Waals surface area contributed by atoms with E-state index in [9.17, 15) is 9.90 Å². The van der Waals surface area contributed by atoms with E-state index < -0.39 is 6.09 Å². The largest absolute Gasteiger partial charge is 0.465 e. The topological polar surface area (TPSA) is 65.9 Å². The van der Waals surface area contributed by atoms with Crippen molar-refractivity contribution in [2.45, 2.75) is 43.2 Å². The van der Waals surface area contributed by atoms with Gasteiger partial charge in [-0.05, 0) is 52.2 Å². The van der Waals surface area contributed by atoms with Crippen molar-refractivity contribution in [2.75, 3.05) is 24.2 Å². The average molecular weight is 485 g/mol. The average Bonchev–Trinajstić information content (AvgIpc) is 3.27. The quantitative estimate of drug-likeness (QED) is 0.622. The number of halogens is 2. The monoisotopic (exact) mass is 483 g/mol. The zero-order valence-corrected chi connectivity index (χ0v) is 18.4. The lowest BCUT2D eigenvalue weighted by Gasteiger charge is -2.42. The molecule has 2 fully saturated rings. The van der Waals surface area contributed by atoms with Gasteiger partial charge < -0.3 is 19.6 Å². The Hall–Kier alpha value is -1.22. The van der Waals surface area contributed by atoms with Gasteiger partial charge >= 0.3 is 6.09 Å². The summed E-state index contributed by atoms with van der Waals surface area (Å²) in [6, 6.07) is 2.49. The lowest BCUT2D eigenvalue weighted by atomic mass is 10.0. The summed E-state index contributed by atoms with van der Waals surface area (Å²) in [5, 5.41) is 12.0. The van der Waals surface area contributed by atoms with Crippen molar-refractivity contribution < 1.29 is 14.6 Å². The van der Waals surface area contributed by atoms with Gasteiger partial charge in [0.05, 0.1) is 28.8 Å². The van der Waals surface area contributed by atoms with Crippen molar-refractivity contribution in [3.8, 4) is 0 Å². The second kappa shape index (κ2) is 6.93. The smallest absolute Gasteiger partial charge is 0.407 e. The number of likely N-dealkylation sites (tertiary alicyclic amines) is 1. The summed E-state index contributed by atoms with van der Waals surface area (Å²) >= 11 is 11.9. The number of pyridine rings is 1. The molecule has 2 aromatic rings. The first-order valence-corrected chi connectivity index (χ1v) is 11.6. The number of amides is 1. The van der Waals surface area contributed by atoms with Crippen LogP contribution in [-0.4, -0.2) is 52.5 Å². The maximum atomic E-state index is 11.5. The van der Waals surface area contributed by atoms with Crippen LogP contribution in [0.2, 0.25) is 5.02 Å². The number of ether oxygens (including phenoxy) is 1. The van der Waals surface area contributed by atoms with Crippen molar-refractivity contribution in [2.24, 2.45) is 0 Å². The molecule has 1 amide bonds. The zero-order valence-electron chi connectivity index (χ0n) is 15.2. The van der Waals surface area contributed by atoms with E-state index in [2.05, 4.69) is 26.9 Å². The number of carboxylic acid groups (broad SMARTS) is 1. The van der Waals surface area contributed by atoms with Crippen LogP contribution in [0, 0.1) is 0 Å². The Morgan fingerprint density at radius 2 is 2.00 bits per heavy atom. The van der Waals surface area contributed by atoms with Gasteiger partial charge in [-0.2, -0.15) is 0 Å². The fourth-order valence-electron chi connectivity index (χ4n) is 4.81. The lowest BCUT2D eigenvalue weighted by molar-refractivity contribution is 0.133. The predicted molar refractivity (Wildman–Crippen MR) is 114 cm³/mol. The van der Waals surface area contributed by atoms with E-state index in [0.29, 0.717) is 31.3 Å². The number of fused-ring (bicyclic) bond motifs is 5. The number of aromatic nitrogens is 1. The summed E-state index contributed by atoms with van der Waals surface area (Å²) < 4.78 is 6.61. The first kappa shape index (κ1) is 18.8. The van der Waals surface area contributed by atoms with Crippen molar-refractivity contribution in [3.63, 3.8) is 0 Å². The van der Waals surface area contributed by atoms with Crippen molar-refractivity contribution >= 4 is 62.0 Å². The Morgan fingerprint density at radius 1 is 1.32 bits per heavy atom. The third kappa shape index (κ3) is 2.72. The molecule has 0 aliphatic carbocycles. The Morgan fingerprint density at radius 3 is 2.64 bits per heavy atom. The van der Waals surface area contributed by atoms with Crippen LogP contribution < -0.4 is 4.90 Å². The van der Waals surface area contributed by atoms with Gasteiger partial charge in [-0.1, -0.05) is 11.6 Å². The number of rotatable bonds is 2. The van der Waals surface area contributed by atoms with Crippen LogP contribution >= 0.6 is 39.3 Å². The maximum Gasteiger partial charge on any atom is 0.407 e. The molecule has 1 aromatic heterocycles. The Bertz CT molecular complexity index is 991. The molecule has 5 rings (SSSR count). The molecule has 148 valence electrons. The molecule has 2 unspecified atom stereocenters. The van der Waals surface area contributed by atoms with E-state index in [4.69, 9.17) is 21.3 Å². The molecule has 2 saturated heterocycles. The number of nitrogens with zero attached hydrogens (tertiary/aromatic N) is 3. The van der Waals surface area contributed by atoms with Gasteiger partial charge in [-0.3, -0.25) is 0 Å². The van der Waals surface area contributed by atoms with Crippen LogP contribution in [0.3, 0.4) is 0 Å². The lowest BCUT2D eigenvalue weighted by Crippen LogP contribution is -2.55. The number of carbonyl (C=O) groups is 1. The molecule has 0 spiro atoms. The number of piperazine rings is 1. The minimum absolute atomic E-state index is 0.176. The van der Waals surface area contributed by atoms with Crippen LogP contribution in [-0.2, 0) is 18.0 Å². The molecule has 1 N–H and O–H groups in total. The highest BCUT2D eigenvalue weighted by molar-refractivity contribution is 9.10. The first-order valence-electron chi connectivity index (χ1n) is 9.21. The third-order valence-electron chi connectivity index (χ3n) is 6.04. The Balaban J connectivity index is 1.73. The SMILES string of the molecule is CSc1cc(N2C3CCC2CN(C(=O)O)C3)c2c3c(c(Br)c(Cl)c2n1)COC3. The minimum Gasteiger partial charge on any atom is -0.465 e. The molecule has 9 heteroatoms. The summed E-state index contributed by atoms with van der Waals surface area (Å²) in [6.07, 6.45) is 3.17. The fourth-order valence-corrected chi connectivity index (χ4v) is 6.01.